The molecule has 0 aromatic carbocycles. The lowest BCUT2D eigenvalue weighted by Gasteiger charge is -2.33. The summed E-state index contributed by atoms with van der Waals surface area (Å²) in [6.07, 6.45) is 11.3. The highest BCUT2D eigenvalue weighted by Gasteiger charge is 2.23. The summed E-state index contributed by atoms with van der Waals surface area (Å²) in [5, 5.41) is 0. The summed E-state index contributed by atoms with van der Waals surface area (Å²) in [6, 6.07) is 0. The van der Waals surface area contributed by atoms with E-state index < -0.39 is 0 Å². The van der Waals surface area contributed by atoms with E-state index in [2.05, 4.69) is 24.8 Å². The van der Waals surface area contributed by atoms with Crippen LogP contribution in [0.3, 0.4) is 0 Å². The summed E-state index contributed by atoms with van der Waals surface area (Å²) in [7, 11) is 0. The van der Waals surface area contributed by atoms with Crippen molar-refractivity contribution in [3.63, 3.8) is 0 Å². The summed E-state index contributed by atoms with van der Waals surface area (Å²) in [4.78, 5) is 19.4. The van der Waals surface area contributed by atoms with Crippen LogP contribution >= 0.6 is 0 Å². The van der Waals surface area contributed by atoms with Crippen molar-refractivity contribution < 1.29 is 0 Å². The molecule has 5 heteroatoms. The van der Waals surface area contributed by atoms with Gasteiger partial charge in [-0.15, -0.1) is 0 Å². The van der Waals surface area contributed by atoms with Crippen LogP contribution in [0.5, 0.6) is 0 Å². The Hall–Kier alpha value is -2.04. The zero-order chi connectivity index (χ0) is 13.1. The van der Waals surface area contributed by atoms with E-state index in [-0.39, 0.29) is 0 Å². The number of anilines is 1. The van der Waals surface area contributed by atoms with Crippen molar-refractivity contribution in [2.24, 2.45) is 0 Å². The molecular formula is C14H17N5. The summed E-state index contributed by atoms with van der Waals surface area (Å²) >= 11 is 0. The zero-order valence-corrected chi connectivity index (χ0v) is 11.0. The molecule has 0 bridgehead atoms. The number of piperidine rings is 1. The molecule has 1 aliphatic heterocycles. The van der Waals surface area contributed by atoms with Crippen molar-refractivity contribution in [1.82, 2.24) is 19.9 Å². The van der Waals surface area contributed by atoms with Crippen LogP contribution in [0.25, 0.3) is 0 Å². The van der Waals surface area contributed by atoms with Crippen LogP contribution in [-0.2, 0) is 0 Å². The molecule has 0 amide bonds. The van der Waals surface area contributed by atoms with Crippen molar-refractivity contribution in [3.05, 3.63) is 42.5 Å². The van der Waals surface area contributed by atoms with Gasteiger partial charge < -0.3 is 4.90 Å². The molecular weight excluding hydrogens is 238 g/mol. The van der Waals surface area contributed by atoms with Gasteiger partial charge >= 0.3 is 0 Å². The molecule has 0 spiro atoms. The van der Waals surface area contributed by atoms with Gasteiger partial charge in [-0.2, -0.15) is 0 Å². The second-order valence-corrected chi connectivity index (χ2v) is 4.97. The molecule has 1 saturated heterocycles. The lowest BCUT2D eigenvalue weighted by atomic mass is 9.95. The maximum absolute atomic E-state index is 4.60. The van der Waals surface area contributed by atoms with Gasteiger partial charge in [-0.05, 0) is 19.8 Å². The van der Waals surface area contributed by atoms with Gasteiger partial charge in [0.15, 0.2) is 0 Å². The molecule has 3 rings (SSSR count). The fraction of sp³-hybridized carbons (Fsp3) is 0.429. The van der Waals surface area contributed by atoms with Crippen molar-refractivity contribution in [2.75, 3.05) is 18.0 Å². The van der Waals surface area contributed by atoms with E-state index in [1.807, 2.05) is 25.5 Å². The van der Waals surface area contributed by atoms with Crippen LogP contribution in [0.2, 0.25) is 0 Å². The monoisotopic (exact) mass is 255 g/mol. The average molecular weight is 255 g/mol. The molecule has 3 heterocycles. The average Bonchev–Trinajstić information content (AvgIpc) is 2.48. The van der Waals surface area contributed by atoms with Gasteiger partial charge in [0.25, 0.3) is 0 Å². The minimum Gasteiger partial charge on any atom is -0.368 e. The molecule has 1 aliphatic rings. The summed E-state index contributed by atoms with van der Waals surface area (Å²) in [5.41, 5.74) is 3.17. The maximum atomic E-state index is 4.60. The van der Waals surface area contributed by atoms with Gasteiger partial charge in [-0.25, -0.2) is 9.97 Å². The standard InChI is InChI=1S/C14H17N5/c1-11-5-15-8-14(18-11)12-3-2-4-19(9-12)13-6-16-10-17-7-13/h5-8,10,12H,2-4,9H2,1H3. The number of nitrogens with zero attached hydrogens (tertiary/aromatic N) is 5. The first-order valence-electron chi connectivity index (χ1n) is 6.61. The largest absolute Gasteiger partial charge is 0.368 e. The smallest absolute Gasteiger partial charge is 0.115 e. The fourth-order valence-corrected chi connectivity index (χ4v) is 2.59. The van der Waals surface area contributed by atoms with Crippen molar-refractivity contribution in [3.8, 4) is 0 Å². The highest BCUT2D eigenvalue weighted by Crippen LogP contribution is 2.28. The van der Waals surface area contributed by atoms with E-state index in [4.69, 9.17) is 0 Å². The number of hydrogen-bond acceptors (Lipinski definition) is 5. The molecule has 2 aromatic rings. The molecule has 0 radical (unpaired) electrons. The second kappa shape index (κ2) is 5.30. The SMILES string of the molecule is Cc1cncc(C2CCCN(c3cncnc3)C2)n1. The quantitative estimate of drug-likeness (QED) is 0.821. The predicted molar refractivity (Wildman–Crippen MR) is 73.0 cm³/mol. The molecule has 0 saturated carbocycles. The number of aromatic nitrogens is 4. The zero-order valence-electron chi connectivity index (χ0n) is 11.0. The Bertz CT molecular complexity index is 543. The lowest BCUT2D eigenvalue weighted by molar-refractivity contribution is 0.499. The molecule has 98 valence electrons. The molecule has 0 N–H and O–H groups in total. The highest BCUT2D eigenvalue weighted by molar-refractivity contribution is 5.42. The molecule has 0 aliphatic carbocycles. The maximum Gasteiger partial charge on any atom is 0.115 e. The summed E-state index contributed by atoms with van der Waals surface area (Å²) < 4.78 is 0. The normalized spacial score (nSPS) is 19.4. The fourth-order valence-electron chi connectivity index (χ4n) is 2.59. The van der Waals surface area contributed by atoms with Gasteiger partial charge in [0.1, 0.15) is 6.33 Å². The lowest BCUT2D eigenvalue weighted by Crippen LogP contribution is -2.34. The van der Waals surface area contributed by atoms with Crippen LogP contribution in [0.1, 0.15) is 30.1 Å². The third-order valence-electron chi connectivity index (χ3n) is 3.53. The van der Waals surface area contributed by atoms with Crippen LogP contribution in [0.4, 0.5) is 5.69 Å². The minimum atomic E-state index is 0.446. The number of hydrogen-bond donors (Lipinski definition) is 0. The van der Waals surface area contributed by atoms with E-state index in [9.17, 15) is 0 Å². The van der Waals surface area contributed by atoms with E-state index in [1.54, 1.807) is 12.5 Å². The Kier molecular flexibility index (Phi) is 3.35. The van der Waals surface area contributed by atoms with Crippen LogP contribution in [0, 0.1) is 6.92 Å². The second-order valence-electron chi connectivity index (χ2n) is 4.97. The molecule has 1 fully saturated rings. The van der Waals surface area contributed by atoms with Gasteiger partial charge in [-0.3, -0.25) is 9.97 Å². The first kappa shape index (κ1) is 12.0. The molecule has 19 heavy (non-hydrogen) atoms. The number of rotatable bonds is 2. The molecule has 2 aromatic heterocycles. The van der Waals surface area contributed by atoms with Crippen LogP contribution in [-0.4, -0.2) is 33.0 Å². The number of aryl methyl sites for hydroxylation is 1. The molecule has 1 unspecified atom stereocenters. The highest BCUT2D eigenvalue weighted by atomic mass is 15.2. The van der Waals surface area contributed by atoms with E-state index in [1.165, 1.54) is 6.42 Å². The molecule has 5 nitrogen and oxygen atoms in total. The van der Waals surface area contributed by atoms with Gasteiger partial charge in [-0.1, -0.05) is 0 Å². The first-order valence-corrected chi connectivity index (χ1v) is 6.61. The van der Waals surface area contributed by atoms with Crippen LogP contribution in [0.15, 0.2) is 31.1 Å². The summed E-state index contributed by atoms with van der Waals surface area (Å²) in [5.74, 6) is 0.446. The van der Waals surface area contributed by atoms with Gasteiger partial charge in [0.05, 0.1) is 29.5 Å². The van der Waals surface area contributed by atoms with E-state index in [0.717, 1.165) is 36.6 Å². The Morgan fingerprint density at radius 3 is 2.74 bits per heavy atom. The Morgan fingerprint density at radius 2 is 1.95 bits per heavy atom. The van der Waals surface area contributed by atoms with Crippen molar-refractivity contribution >= 4 is 5.69 Å². The predicted octanol–water partition coefficient (Wildman–Crippen LogP) is 1.96. The third kappa shape index (κ3) is 2.70. The summed E-state index contributed by atoms with van der Waals surface area (Å²) in [6.45, 7) is 4.01. The topological polar surface area (TPSA) is 54.8 Å². The van der Waals surface area contributed by atoms with E-state index in [0.29, 0.717) is 5.92 Å². The first-order chi connectivity index (χ1) is 9.33. The van der Waals surface area contributed by atoms with E-state index >= 15 is 0 Å². The van der Waals surface area contributed by atoms with Gasteiger partial charge in [0, 0.05) is 31.4 Å². The Morgan fingerprint density at radius 1 is 1.11 bits per heavy atom. The Labute approximate surface area is 112 Å². The molecule has 1 atom stereocenters. The van der Waals surface area contributed by atoms with Crippen molar-refractivity contribution in [1.29, 1.82) is 0 Å². The Balaban J connectivity index is 1.78. The minimum absolute atomic E-state index is 0.446. The third-order valence-corrected chi connectivity index (χ3v) is 3.53. The van der Waals surface area contributed by atoms with Crippen LogP contribution < -0.4 is 4.90 Å². The van der Waals surface area contributed by atoms with Gasteiger partial charge in [0.2, 0.25) is 0 Å². The van der Waals surface area contributed by atoms with Crippen molar-refractivity contribution in [2.45, 2.75) is 25.7 Å².